The average Bonchev–Trinajstić information content (AvgIpc) is 2.48. The Kier molecular flexibility index (Phi) is 0.869. The molecule has 11 heavy (non-hydrogen) atoms. The summed E-state index contributed by atoms with van der Waals surface area (Å²) in [5.74, 6) is 1.33. The predicted octanol–water partition coefficient (Wildman–Crippen LogP) is 2.08. The normalized spacial score (nSPS) is 46.4. The maximum Gasteiger partial charge on any atom is 0.156 e. The molecule has 1 nitrogen and oxygen atoms in total. The Morgan fingerprint density at radius 1 is 1.55 bits per heavy atom. The van der Waals surface area contributed by atoms with Crippen LogP contribution in [0, 0.1) is 11.3 Å². The second-order valence-corrected chi connectivity index (χ2v) is 4.41. The van der Waals surface area contributed by atoms with Crippen molar-refractivity contribution in [2.45, 2.75) is 32.1 Å². The first-order valence-electron chi connectivity index (χ1n) is 4.52. The van der Waals surface area contributed by atoms with E-state index in [1.54, 1.807) is 0 Å². The van der Waals surface area contributed by atoms with Gasteiger partial charge in [-0.25, -0.2) is 0 Å². The molecule has 2 bridgehead atoms. The third kappa shape index (κ3) is 0.597. The first-order valence-corrected chi connectivity index (χ1v) is 4.52. The van der Waals surface area contributed by atoms with Crippen molar-refractivity contribution in [3.05, 3.63) is 11.6 Å². The van der Waals surface area contributed by atoms with Gasteiger partial charge < -0.3 is 0 Å². The van der Waals surface area contributed by atoms with Gasteiger partial charge in [-0.2, -0.15) is 0 Å². The van der Waals surface area contributed by atoms with E-state index in [1.807, 2.05) is 6.08 Å². The molecule has 2 fully saturated rings. The predicted molar refractivity (Wildman–Crippen MR) is 42.1 cm³/mol. The van der Waals surface area contributed by atoms with Crippen LogP contribution in [0.4, 0.5) is 0 Å². The number of rotatable bonds is 0. The Morgan fingerprint density at radius 3 is 3.18 bits per heavy atom. The molecule has 1 heteroatoms. The number of carbonyl (C=O) groups excluding carboxylic acids is 1. The van der Waals surface area contributed by atoms with Crippen molar-refractivity contribution in [2.75, 3.05) is 0 Å². The van der Waals surface area contributed by atoms with Crippen LogP contribution in [0.25, 0.3) is 0 Å². The van der Waals surface area contributed by atoms with Crippen molar-refractivity contribution in [2.24, 2.45) is 11.3 Å². The molecule has 58 valence electrons. The lowest BCUT2D eigenvalue weighted by atomic mass is 9.81. The summed E-state index contributed by atoms with van der Waals surface area (Å²) < 4.78 is 0. The minimum Gasteiger partial charge on any atom is -0.295 e. The molecule has 1 spiro atoms. The summed E-state index contributed by atoms with van der Waals surface area (Å²) in [7, 11) is 0. The van der Waals surface area contributed by atoms with Crippen molar-refractivity contribution in [1.29, 1.82) is 0 Å². The number of hydrogen-bond acceptors (Lipinski definition) is 1. The monoisotopic (exact) mass is 148 g/mol. The summed E-state index contributed by atoms with van der Waals surface area (Å²) in [5.41, 5.74) is 1.90. The van der Waals surface area contributed by atoms with E-state index in [0.29, 0.717) is 11.2 Å². The molecule has 3 aliphatic carbocycles. The van der Waals surface area contributed by atoms with Crippen LogP contribution in [0.1, 0.15) is 32.1 Å². The first kappa shape index (κ1) is 5.99. The van der Waals surface area contributed by atoms with E-state index >= 15 is 0 Å². The molecule has 0 saturated heterocycles. The summed E-state index contributed by atoms with van der Waals surface area (Å²) in [6, 6.07) is 0. The number of hydrogen-bond donors (Lipinski definition) is 0. The van der Waals surface area contributed by atoms with E-state index in [2.05, 4.69) is 0 Å². The lowest BCUT2D eigenvalue weighted by Crippen LogP contribution is -2.13. The molecule has 3 aliphatic rings. The Morgan fingerprint density at radius 2 is 2.45 bits per heavy atom. The molecule has 0 amide bonds. The highest BCUT2D eigenvalue weighted by Crippen LogP contribution is 2.61. The molecule has 0 aliphatic heterocycles. The van der Waals surface area contributed by atoms with E-state index < -0.39 is 0 Å². The molecule has 0 aromatic carbocycles. The van der Waals surface area contributed by atoms with Crippen LogP contribution in [0.3, 0.4) is 0 Å². The van der Waals surface area contributed by atoms with Gasteiger partial charge in [0.1, 0.15) is 0 Å². The van der Waals surface area contributed by atoms with Gasteiger partial charge in [-0.15, -0.1) is 0 Å². The van der Waals surface area contributed by atoms with Gasteiger partial charge in [-0.3, -0.25) is 4.79 Å². The van der Waals surface area contributed by atoms with E-state index in [4.69, 9.17) is 0 Å². The van der Waals surface area contributed by atoms with Crippen LogP contribution in [0.5, 0.6) is 0 Å². The molecule has 2 atom stereocenters. The fourth-order valence-corrected chi connectivity index (χ4v) is 3.30. The Balaban J connectivity index is 2.10. The average molecular weight is 148 g/mol. The molecule has 0 N–H and O–H groups in total. The van der Waals surface area contributed by atoms with E-state index in [1.165, 1.54) is 31.3 Å². The minimum absolute atomic E-state index is 0.389. The van der Waals surface area contributed by atoms with Gasteiger partial charge >= 0.3 is 0 Å². The van der Waals surface area contributed by atoms with Gasteiger partial charge in [0.2, 0.25) is 0 Å². The topological polar surface area (TPSA) is 17.1 Å². The van der Waals surface area contributed by atoms with Crippen LogP contribution in [0.15, 0.2) is 11.6 Å². The zero-order valence-electron chi connectivity index (χ0n) is 6.60. The maximum absolute atomic E-state index is 11.2. The Hall–Kier alpha value is -0.590. The van der Waals surface area contributed by atoms with Gasteiger partial charge in [0.05, 0.1) is 0 Å². The lowest BCUT2D eigenvalue weighted by Gasteiger charge is -2.22. The minimum atomic E-state index is 0.389. The zero-order chi connectivity index (χ0) is 7.47. The highest BCUT2D eigenvalue weighted by Gasteiger charge is 2.51. The van der Waals surface area contributed by atoms with Crippen molar-refractivity contribution in [1.82, 2.24) is 0 Å². The van der Waals surface area contributed by atoms with Gasteiger partial charge in [0.15, 0.2) is 5.78 Å². The fourth-order valence-electron chi connectivity index (χ4n) is 3.30. The zero-order valence-corrected chi connectivity index (χ0v) is 6.60. The summed E-state index contributed by atoms with van der Waals surface area (Å²) in [5, 5.41) is 0. The molecule has 0 radical (unpaired) electrons. The van der Waals surface area contributed by atoms with Crippen molar-refractivity contribution < 1.29 is 4.79 Å². The van der Waals surface area contributed by atoms with Crippen LogP contribution < -0.4 is 0 Å². The van der Waals surface area contributed by atoms with E-state index in [0.717, 1.165) is 12.3 Å². The summed E-state index contributed by atoms with van der Waals surface area (Å²) in [6.45, 7) is 0. The van der Waals surface area contributed by atoms with Crippen LogP contribution in [-0.4, -0.2) is 5.78 Å². The summed E-state index contributed by atoms with van der Waals surface area (Å²) in [6.07, 6.45) is 8.02. The summed E-state index contributed by atoms with van der Waals surface area (Å²) in [4.78, 5) is 11.2. The molecular formula is C10H12O. The van der Waals surface area contributed by atoms with E-state index in [9.17, 15) is 4.79 Å². The second kappa shape index (κ2) is 1.60. The van der Waals surface area contributed by atoms with Gasteiger partial charge in [0.25, 0.3) is 0 Å². The van der Waals surface area contributed by atoms with Crippen molar-refractivity contribution >= 4 is 5.78 Å². The van der Waals surface area contributed by atoms with Crippen molar-refractivity contribution in [3.8, 4) is 0 Å². The van der Waals surface area contributed by atoms with Crippen molar-refractivity contribution in [3.63, 3.8) is 0 Å². The third-order valence-corrected chi connectivity index (χ3v) is 3.75. The van der Waals surface area contributed by atoms with Crippen LogP contribution in [0.2, 0.25) is 0 Å². The number of ketones is 1. The second-order valence-electron chi connectivity index (χ2n) is 4.41. The standard InChI is InChI=1S/C10H12O/c11-9-4-8-3-7-1-2-10(8,5-7)6-9/h4,7H,1-3,5-6H2. The number of carbonyl (C=O) groups is 1. The van der Waals surface area contributed by atoms with E-state index in [-0.39, 0.29) is 0 Å². The number of fused-ring (bicyclic) bond motifs is 1. The lowest BCUT2D eigenvalue weighted by molar-refractivity contribution is -0.115. The Labute approximate surface area is 66.5 Å². The maximum atomic E-state index is 11.2. The first-order chi connectivity index (χ1) is 5.28. The molecule has 0 aromatic heterocycles. The highest BCUT2D eigenvalue weighted by molar-refractivity contribution is 5.94. The quantitative estimate of drug-likeness (QED) is 0.514. The van der Waals surface area contributed by atoms with Gasteiger partial charge in [-0.1, -0.05) is 5.57 Å². The Bertz CT molecular complexity index is 264. The molecule has 2 unspecified atom stereocenters. The largest absolute Gasteiger partial charge is 0.295 e. The molecule has 3 rings (SSSR count). The number of allylic oxidation sites excluding steroid dienone is 2. The SMILES string of the molecule is O=C1C=C2CC3CCC2(C1)C3. The highest BCUT2D eigenvalue weighted by atomic mass is 16.1. The van der Waals surface area contributed by atoms with Crippen LogP contribution in [-0.2, 0) is 4.79 Å². The van der Waals surface area contributed by atoms with Crippen LogP contribution >= 0.6 is 0 Å². The molecule has 0 heterocycles. The fraction of sp³-hybridized carbons (Fsp3) is 0.700. The molecule has 0 aromatic rings. The molecule has 2 saturated carbocycles. The van der Waals surface area contributed by atoms with Gasteiger partial charge in [-0.05, 0) is 43.1 Å². The summed E-state index contributed by atoms with van der Waals surface area (Å²) >= 11 is 0. The smallest absolute Gasteiger partial charge is 0.156 e. The molecular weight excluding hydrogens is 136 g/mol. The van der Waals surface area contributed by atoms with Gasteiger partial charge in [0, 0.05) is 6.42 Å². The third-order valence-electron chi connectivity index (χ3n) is 3.75.